The zero-order valence-corrected chi connectivity index (χ0v) is 10.9. The van der Waals surface area contributed by atoms with Crippen LogP contribution in [0.2, 0.25) is 5.15 Å². The van der Waals surface area contributed by atoms with Crippen LogP contribution in [0, 0.1) is 5.92 Å². The Bertz CT molecular complexity index is 367. The highest BCUT2D eigenvalue weighted by molar-refractivity contribution is 6.29. The first kappa shape index (κ1) is 13.7. The van der Waals surface area contributed by atoms with E-state index in [1.54, 1.807) is 12.1 Å². The van der Waals surface area contributed by atoms with E-state index in [0.29, 0.717) is 23.3 Å². The van der Waals surface area contributed by atoms with Crippen molar-refractivity contribution in [3.8, 4) is 0 Å². The topological polar surface area (TPSA) is 64.1 Å². The third-order valence-corrected chi connectivity index (χ3v) is 2.35. The summed E-state index contributed by atoms with van der Waals surface area (Å²) >= 11 is 5.63. The molecule has 0 aliphatic heterocycles. The van der Waals surface area contributed by atoms with Crippen molar-refractivity contribution in [1.82, 2.24) is 10.2 Å². The van der Waals surface area contributed by atoms with Gasteiger partial charge < -0.3 is 10.1 Å². The van der Waals surface area contributed by atoms with Crippen LogP contribution in [0.5, 0.6) is 0 Å². The van der Waals surface area contributed by atoms with E-state index in [1.165, 1.54) is 7.11 Å². The smallest absolute Gasteiger partial charge is 0.328 e. The minimum atomic E-state index is -0.421. The summed E-state index contributed by atoms with van der Waals surface area (Å²) < 4.78 is 4.73. The maximum atomic E-state index is 11.6. The van der Waals surface area contributed by atoms with E-state index in [1.807, 2.05) is 13.8 Å². The lowest BCUT2D eigenvalue weighted by molar-refractivity contribution is -0.141. The minimum absolute atomic E-state index is 0.310. The van der Waals surface area contributed by atoms with Gasteiger partial charge in [0.1, 0.15) is 11.9 Å². The van der Waals surface area contributed by atoms with Gasteiger partial charge in [-0.2, -0.15) is 0 Å². The number of carbonyl (C=O) groups is 1. The SMILES string of the molecule is COC(=O)C(CC(C)C)Nc1ccc(Cl)nn1. The van der Waals surface area contributed by atoms with Crippen molar-refractivity contribution in [1.29, 1.82) is 0 Å². The van der Waals surface area contributed by atoms with Crippen LogP contribution in [-0.2, 0) is 9.53 Å². The van der Waals surface area contributed by atoms with Gasteiger partial charge in [0.05, 0.1) is 7.11 Å². The van der Waals surface area contributed by atoms with Crippen molar-refractivity contribution in [2.75, 3.05) is 12.4 Å². The fourth-order valence-corrected chi connectivity index (χ4v) is 1.50. The molecule has 0 saturated carbocycles. The number of hydrogen-bond acceptors (Lipinski definition) is 5. The summed E-state index contributed by atoms with van der Waals surface area (Å²) in [6, 6.07) is 2.86. The molecule has 0 spiro atoms. The van der Waals surface area contributed by atoms with Gasteiger partial charge in [-0.3, -0.25) is 0 Å². The van der Waals surface area contributed by atoms with Crippen molar-refractivity contribution in [3.63, 3.8) is 0 Å². The molecule has 5 nitrogen and oxygen atoms in total. The summed E-state index contributed by atoms with van der Waals surface area (Å²) in [6.07, 6.45) is 0.664. The number of anilines is 1. The molecule has 6 heteroatoms. The third-order valence-electron chi connectivity index (χ3n) is 2.15. The highest BCUT2D eigenvalue weighted by Gasteiger charge is 2.20. The molecule has 94 valence electrons. The monoisotopic (exact) mass is 257 g/mol. The van der Waals surface area contributed by atoms with Crippen molar-refractivity contribution < 1.29 is 9.53 Å². The van der Waals surface area contributed by atoms with Gasteiger partial charge in [-0.25, -0.2) is 4.79 Å². The predicted octanol–water partition coefficient (Wildman–Crippen LogP) is 2.13. The molecule has 1 atom stereocenters. The van der Waals surface area contributed by atoms with Gasteiger partial charge in [-0.15, -0.1) is 10.2 Å². The van der Waals surface area contributed by atoms with Crippen molar-refractivity contribution in [2.45, 2.75) is 26.3 Å². The molecule has 0 aromatic carbocycles. The normalized spacial score (nSPS) is 12.3. The minimum Gasteiger partial charge on any atom is -0.467 e. The predicted molar refractivity (Wildman–Crippen MR) is 65.9 cm³/mol. The second-order valence-electron chi connectivity index (χ2n) is 4.09. The number of aromatic nitrogens is 2. The number of ether oxygens (including phenoxy) is 1. The molecule has 1 aromatic heterocycles. The quantitative estimate of drug-likeness (QED) is 0.819. The molecule has 1 aromatic rings. The average molecular weight is 258 g/mol. The Morgan fingerprint density at radius 3 is 2.65 bits per heavy atom. The Labute approximate surface area is 106 Å². The first-order chi connectivity index (χ1) is 8.02. The van der Waals surface area contributed by atoms with Gasteiger partial charge in [0, 0.05) is 0 Å². The van der Waals surface area contributed by atoms with E-state index in [2.05, 4.69) is 15.5 Å². The maximum Gasteiger partial charge on any atom is 0.328 e. The number of esters is 1. The molecule has 1 N–H and O–H groups in total. The van der Waals surface area contributed by atoms with E-state index in [4.69, 9.17) is 16.3 Å². The summed E-state index contributed by atoms with van der Waals surface area (Å²) in [6.45, 7) is 4.07. The molecular weight excluding hydrogens is 242 g/mol. The van der Waals surface area contributed by atoms with Gasteiger partial charge in [-0.05, 0) is 24.5 Å². The second-order valence-corrected chi connectivity index (χ2v) is 4.48. The first-order valence-corrected chi connectivity index (χ1v) is 5.74. The molecule has 0 radical (unpaired) electrons. The lowest BCUT2D eigenvalue weighted by Gasteiger charge is -2.18. The summed E-state index contributed by atoms with van der Waals surface area (Å²) in [5, 5.41) is 10.8. The van der Waals surface area contributed by atoms with Gasteiger partial charge >= 0.3 is 5.97 Å². The van der Waals surface area contributed by atoms with Crippen LogP contribution < -0.4 is 5.32 Å². The molecule has 0 fully saturated rings. The average Bonchev–Trinajstić information content (AvgIpc) is 2.29. The third kappa shape index (κ3) is 4.56. The summed E-state index contributed by atoms with van der Waals surface area (Å²) in [5.74, 6) is 0.563. The Kier molecular flexibility index (Phi) is 5.15. The maximum absolute atomic E-state index is 11.6. The largest absolute Gasteiger partial charge is 0.467 e. The highest BCUT2D eigenvalue weighted by atomic mass is 35.5. The molecule has 1 unspecified atom stereocenters. The van der Waals surface area contributed by atoms with Gasteiger partial charge in [0.2, 0.25) is 0 Å². The van der Waals surface area contributed by atoms with Gasteiger partial charge in [0.25, 0.3) is 0 Å². The number of rotatable bonds is 5. The van der Waals surface area contributed by atoms with E-state index in [-0.39, 0.29) is 5.97 Å². The Hall–Kier alpha value is -1.36. The van der Waals surface area contributed by atoms with Crippen molar-refractivity contribution in [2.24, 2.45) is 5.92 Å². The number of hydrogen-bond donors (Lipinski definition) is 1. The number of methoxy groups -OCH3 is 1. The Morgan fingerprint density at radius 2 is 2.18 bits per heavy atom. The lowest BCUT2D eigenvalue weighted by atomic mass is 10.0. The van der Waals surface area contributed by atoms with Crippen molar-refractivity contribution in [3.05, 3.63) is 17.3 Å². The lowest BCUT2D eigenvalue weighted by Crippen LogP contribution is -2.32. The number of halogens is 1. The van der Waals surface area contributed by atoms with E-state index in [0.717, 1.165) is 0 Å². The summed E-state index contributed by atoms with van der Waals surface area (Å²) in [5.41, 5.74) is 0. The van der Waals surface area contributed by atoms with Crippen LogP contribution in [0.1, 0.15) is 20.3 Å². The fourth-order valence-electron chi connectivity index (χ4n) is 1.40. The number of nitrogens with zero attached hydrogens (tertiary/aromatic N) is 2. The standard InChI is InChI=1S/C11H16ClN3O2/c1-7(2)6-8(11(16)17-3)13-10-5-4-9(12)14-15-10/h4-5,7-8H,6H2,1-3H3,(H,13,15). The number of carbonyl (C=O) groups excluding carboxylic acids is 1. The molecule has 0 bridgehead atoms. The van der Waals surface area contributed by atoms with E-state index < -0.39 is 6.04 Å². The molecule has 0 aliphatic rings. The van der Waals surface area contributed by atoms with Crippen LogP contribution in [0.3, 0.4) is 0 Å². The van der Waals surface area contributed by atoms with Gasteiger partial charge in [0.15, 0.2) is 5.15 Å². The Morgan fingerprint density at radius 1 is 1.47 bits per heavy atom. The summed E-state index contributed by atoms with van der Waals surface area (Å²) in [4.78, 5) is 11.6. The molecule has 1 heterocycles. The second kappa shape index (κ2) is 6.39. The van der Waals surface area contributed by atoms with Crippen LogP contribution in [0.15, 0.2) is 12.1 Å². The summed E-state index contributed by atoms with van der Waals surface area (Å²) in [7, 11) is 1.37. The first-order valence-electron chi connectivity index (χ1n) is 5.36. The van der Waals surface area contributed by atoms with Crippen molar-refractivity contribution >= 4 is 23.4 Å². The van der Waals surface area contributed by atoms with Crippen LogP contribution in [0.4, 0.5) is 5.82 Å². The molecule has 0 amide bonds. The van der Waals surface area contributed by atoms with Gasteiger partial charge in [-0.1, -0.05) is 25.4 Å². The number of nitrogens with one attached hydrogen (secondary N) is 1. The molecule has 0 aliphatic carbocycles. The zero-order valence-electron chi connectivity index (χ0n) is 10.1. The van der Waals surface area contributed by atoms with E-state index in [9.17, 15) is 4.79 Å². The molecular formula is C11H16ClN3O2. The van der Waals surface area contributed by atoms with Crippen LogP contribution >= 0.6 is 11.6 Å². The van der Waals surface area contributed by atoms with Crippen LogP contribution in [-0.4, -0.2) is 29.3 Å². The molecule has 0 saturated heterocycles. The van der Waals surface area contributed by atoms with Crippen LogP contribution in [0.25, 0.3) is 0 Å². The van der Waals surface area contributed by atoms with E-state index >= 15 is 0 Å². The Balaban J connectivity index is 2.71. The fraction of sp³-hybridized carbons (Fsp3) is 0.545. The molecule has 17 heavy (non-hydrogen) atoms. The molecule has 1 rings (SSSR count). The zero-order chi connectivity index (χ0) is 12.8. The highest BCUT2D eigenvalue weighted by Crippen LogP contribution is 2.13.